The summed E-state index contributed by atoms with van der Waals surface area (Å²) >= 11 is 0. The molecule has 0 unspecified atom stereocenters. The molecule has 0 aliphatic rings. The van der Waals surface area contributed by atoms with E-state index >= 15 is 0 Å². The number of fused-ring (bicyclic) bond motifs is 1. The van der Waals surface area contributed by atoms with Crippen LogP contribution in [0.4, 0.5) is 0 Å². The van der Waals surface area contributed by atoms with Gasteiger partial charge in [-0.05, 0) is 26.0 Å². The number of hydrogen-bond acceptors (Lipinski definition) is 4. The summed E-state index contributed by atoms with van der Waals surface area (Å²) in [6.07, 6.45) is 3.20. The average molecular weight is 351 g/mol. The molecule has 3 aromatic rings. The number of H-pyrrole nitrogens is 1. The van der Waals surface area contributed by atoms with Crippen molar-refractivity contribution < 1.29 is 9.53 Å². The number of aromatic nitrogens is 2. The number of carbonyl (C=O) groups is 1. The van der Waals surface area contributed by atoms with Gasteiger partial charge >= 0.3 is 0 Å². The molecule has 0 saturated heterocycles. The number of aryl methyl sites for hydroxylation is 1. The number of aromatic amines is 1. The van der Waals surface area contributed by atoms with E-state index in [4.69, 9.17) is 4.74 Å². The highest BCUT2D eigenvalue weighted by atomic mass is 16.5. The van der Waals surface area contributed by atoms with Crippen LogP contribution in [0, 0.1) is 13.8 Å². The number of hydrogen-bond donors (Lipinski definition) is 1. The van der Waals surface area contributed by atoms with Crippen molar-refractivity contribution >= 4 is 16.8 Å². The molecule has 6 nitrogen and oxygen atoms in total. The van der Waals surface area contributed by atoms with Crippen LogP contribution in [0.2, 0.25) is 0 Å². The Hall–Kier alpha value is -3.15. The Kier molecular flexibility index (Phi) is 4.75. The Labute approximate surface area is 151 Å². The number of carbonyl (C=O) groups excluding carboxylic acids is 1. The molecule has 26 heavy (non-hydrogen) atoms. The Morgan fingerprint density at radius 1 is 1.27 bits per heavy atom. The zero-order valence-corrected chi connectivity index (χ0v) is 15.3. The van der Waals surface area contributed by atoms with Gasteiger partial charge in [0.05, 0.1) is 19.3 Å². The number of nitrogens with one attached hydrogen (secondary N) is 1. The quantitative estimate of drug-likeness (QED) is 0.784. The Balaban J connectivity index is 1.92. The van der Waals surface area contributed by atoms with Gasteiger partial charge in [0.2, 0.25) is 5.43 Å². The van der Waals surface area contributed by atoms with E-state index in [-0.39, 0.29) is 23.4 Å². The van der Waals surface area contributed by atoms with Gasteiger partial charge in [0.15, 0.2) is 0 Å². The van der Waals surface area contributed by atoms with Gasteiger partial charge in [-0.2, -0.15) is 0 Å². The molecule has 2 heterocycles. The van der Waals surface area contributed by atoms with E-state index < -0.39 is 0 Å². The lowest BCUT2D eigenvalue weighted by molar-refractivity contribution is 0.0781. The van der Waals surface area contributed by atoms with E-state index in [0.717, 1.165) is 22.6 Å². The Morgan fingerprint density at radius 2 is 2.00 bits per heavy atom. The van der Waals surface area contributed by atoms with Crippen LogP contribution >= 0.6 is 0 Å². The predicted octanol–water partition coefficient (Wildman–Crippen LogP) is 2.82. The van der Waals surface area contributed by atoms with Gasteiger partial charge in [0.1, 0.15) is 11.3 Å². The molecule has 3 rings (SSSR count). The smallest absolute Gasteiger partial charge is 0.259 e. The summed E-state index contributed by atoms with van der Waals surface area (Å²) in [6.45, 7) is 4.12. The standard InChI is InChI=1S/C20H21N3O3/c1-12-9-21-17(13(2)19(12)26-4)11-23(3)20(25)15-10-22-16-8-6-5-7-14(16)18(15)24/h5-10H,11H2,1-4H3,(H,22,24). The third-order valence-electron chi connectivity index (χ3n) is 4.50. The number of pyridine rings is 2. The minimum atomic E-state index is -0.349. The van der Waals surface area contributed by atoms with Gasteiger partial charge in [0, 0.05) is 41.5 Å². The normalized spacial score (nSPS) is 10.8. The van der Waals surface area contributed by atoms with Crippen molar-refractivity contribution in [3.05, 3.63) is 69.3 Å². The third kappa shape index (κ3) is 3.06. The number of benzene rings is 1. The van der Waals surface area contributed by atoms with Crippen molar-refractivity contribution in [1.82, 2.24) is 14.9 Å². The van der Waals surface area contributed by atoms with Gasteiger partial charge in [-0.25, -0.2) is 0 Å². The molecule has 1 aromatic carbocycles. The number of ether oxygens (including phenoxy) is 1. The second-order valence-electron chi connectivity index (χ2n) is 6.28. The summed E-state index contributed by atoms with van der Waals surface area (Å²) in [5.74, 6) is 0.414. The summed E-state index contributed by atoms with van der Waals surface area (Å²) in [7, 11) is 3.27. The SMILES string of the molecule is COc1c(C)cnc(CN(C)C(=O)c2c[nH]c3ccccc3c2=O)c1C. The molecule has 6 heteroatoms. The largest absolute Gasteiger partial charge is 0.496 e. The fourth-order valence-corrected chi connectivity index (χ4v) is 3.06. The highest BCUT2D eigenvalue weighted by Crippen LogP contribution is 2.24. The first kappa shape index (κ1) is 17.7. The van der Waals surface area contributed by atoms with Crippen LogP contribution in [0.5, 0.6) is 5.75 Å². The van der Waals surface area contributed by atoms with E-state index in [1.807, 2.05) is 19.9 Å². The second-order valence-corrected chi connectivity index (χ2v) is 6.28. The maximum absolute atomic E-state index is 12.8. The van der Waals surface area contributed by atoms with Crippen molar-refractivity contribution in [2.24, 2.45) is 0 Å². The molecule has 0 radical (unpaired) electrons. The highest BCUT2D eigenvalue weighted by Gasteiger charge is 2.19. The molecule has 0 aliphatic heterocycles. The molecular weight excluding hydrogens is 330 g/mol. The van der Waals surface area contributed by atoms with Crippen LogP contribution in [-0.2, 0) is 6.54 Å². The van der Waals surface area contributed by atoms with Gasteiger partial charge in [0.25, 0.3) is 5.91 Å². The van der Waals surface area contributed by atoms with Crippen molar-refractivity contribution in [2.45, 2.75) is 20.4 Å². The number of rotatable bonds is 4. The maximum Gasteiger partial charge on any atom is 0.259 e. The lowest BCUT2D eigenvalue weighted by Gasteiger charge is -2.19. The van der Waals surface area contributed by atoms with E-state index in [1.54, 1.807) is 38.6 Å². The highest BCUT2D eigenvalue weighted by molar-refractivity contribution is 5.96. The summed E-state index contributed by atoms with van der Waals surface area (Å²) in [5.41, 5.74) is 3.11. The van der Waals surface area contributed by atoms with Gasteiger partial charge in [-0.1, -0.05) is 12.1 Å². The molecule has 0 spiro atoms. The molecule has 0 saturated carbocycles. The van der Waals surface area contributed by atoms with Crippen LogP contribution in [0.1, 0.15) is 27.2 Å². The van der Waals surface area contributed by atoms with Crippen molar-refractivity contribution in [3.63, 3.8) is 0 Å². The second kappa shape index (κ2) is 7.00. The molecular formula is C20H21N3O3. The van der Waals surface area contributed by atoms with Crippen LogP contribution in [0.3, 0.4) is 0 Å². The first-order valence-corrected chi connectivity index (χ1v) is 8.29. The average Bonchev–Trinajstić information content (AvgIpc) is 2.64. The van der Waals surface area contributed by atoms with E-state index in [0.29, 0.717) is 10.9 Å². The van der Waals surface area contributed by atoms with Crippen LogP contribution in [0.25, 0.3) is 10.9 Å². The number of amides is 1. The van der Waals surface area contributed by atoms with Gasteiger partial charge in [-0.3, -0.25) is 14.6 Å². The molecule has 134 valence electrons. The molecule has 0 aliphatic carbocycles. The van der Waals surface area contributed by atoms with Crippen LogP contribution in [0.15, 0.2) is 41.5 Å². The molecule has 1 amide bonds. The third-order valence-corrected chi connectivity index (χ3v) is 4.50. The van der Waals surface area contributed by atoms with Crippen LogP contribution < -0.4 is 10.2 Å². The molecule has 0 fully saturated rings. The zero-order valence-electron chi connectivity index (χ0n) is 15.3. The molecule has 0 bridgehead atoms. The van der Waals surface area contributed by atoms with Crippen molar-refractivity contribution in [2.75, 3.05) is 14.2 Å². The monoisotopic (exact) mass is 351 g/mol. The topological polar surface area (TPSA) is 75.3 Å². The lowest BCUT2D eigenvalue weighted by atomic mass is 10.1. The van der Waals surface area contributed by atoms with E-state index in [1.165, 1.54) is 11.1 Å². The summed E-state index contributed by atoms with van der Waals surface area (Å²) in [4.78, 5) is 34.3. The van der Waals surface area contributed by atoms with Crippen LogP contribution in [-0.4, -0.2) is 34.9 Å². The first-order valence-electron chi connectivity index (χ1n) is 8.29. The molecule has 2 aromatic heterocycles. The van der Waals surface area contributed by atoms with E-state index in [2.05, 4.69) is 9.97 Å². The fourth-order valence-electron chi connectivity index (χ4n) is 3.06. The van der Waals surface area contributed by atoms with E-state index in [9.17, 15) is 9.59 Å². The number of nitrogens with zero attached hydrogens (tertiary/aromatic N) is 2. The minimum absolute atomic E-state index is 0.114. The summed E-state index contributed by atoms with van der Waals surface area (Å²) in [6, 6.07) is 7.13. The van der Waals surface area contributed by atoms with Gasteiger partial charge < -0.3 is 14.6 Å². The van der Waals surface area contributed by atoms with Crippen molar-refractivity contribution in [3.8, 4) is 5.75 Å². The molecule has 0 atom stereocenters. The number of methoxy groups -OCH3 is 1. The van der Waals surface area contributed by atoms with Gasteiger partial charge in [-0.15, -0.1) is 0 Å². The minimum Gasteiger partial charge on any atom is -0.496 e. The predicted molar refractivity (Wildman–Crippen MR) is 101 cm³/mol. The Bertz CT molecular complexity index is 1040. The number of para-hydroxylation sites is 1. The summed E-state index contributed by atoms with van der Waals surface area (Å²) < 4.78 is 5.41. The Morgan fingerprint density at radius 3 is 2.73 bits per heavy atom. The summed E-state index contributed by atoms with van der Waals surface area (Å²) in [5, 5.41) is 0.498. The zero-order chi connectivity index (χ0) is 18.8. The molecule has 1 N–H and O–H groups in total. The lowest BCUT2D eigenvalue weighted by Crippen LogP contribution is -2.31. The maximum atomic E-state index is 12.8. The fraction of sp³-hybridized carbons (Fsp3) is 0.250. The van der Waals surface area contributed by atoms with Crippen molar-refractivity contribution in [1.29, 1.82) is 0 Å². The first-order chi connectivity index (χ1) is 12.4.